The summed E-state index contributed by atoms with van der Waals surface area (Å²) >= 11 is 0. The molecular weight excluding hydrogens is 500 g/mol. The van der Waals surface area contributed by atoms with E-state index >= 15 is 0 Å². The van der Waals surface area contributed by atoms with E-state index in [0.29, 0.717) is 12.5 Å². The molecule has 2 nitrogen and oxygen atoms in total. The van der Waals surface area contributed by atoms with E-state index in [1.807, 2.05) is 0 Å². The first kappa shape index (κ1) is 40.9. The summed E-state index contributed by atoms with van der Waals surface area (Å²) in [5, 5.41) is 19.3. The van der Waals surface area contributed by atoms with Crippen molar-refractivity contribution < 1.29 is 10.2 Å². The fourth-order valence-electron chi connectivity index (χ4n) is 6.45. The molecule has 0 aliphatic heterocycles. The number of aliphatic hydroxyl groups excluding tert-OH is 2. The van der Waals surface area contributed by atoms with Gasteiger partial charge in [0, 0.05) is 6.61 Å². The minimum Gasteiger partial charge on any atom is -0.396 e. The Morgan fingerprint density at radius 1 is 0.366 bits per heavy atom. The Hall–Kier alpha value is -0.0800. The highest BCUT2D eigenvalue weighted by atomic mass is 16.3. The molecule has 0 radical (unpaired) electrons. The topological polar surface area (TPSA) is 40.5 Å². The van der Waals surface area contributed by atoms with Gasteiger partial charge in [-0.2, -0.15) is 0 Å². The zero-order chi connectivity index (χ0) is 30.1. The smallest absolute Gasteiger partial charge is 0.0542 e. The third kappa shape index (κ3) is 34.3. The van der Waals surface area contributed by atoms with Crippen molar-refractivity contribution in [2.45, 2.75) is 232 Å². The average molecular weight is 581 g/mol. The fraction of sp³-hybridized carbons (Fsp3) is 1.00. The lowest BCUT2D eigenvalue weighted by Crippen LogP contribution is -2.11. The first-order valence-corrected chi connectivity index (χ1v) is 19.4. The summed E-state index contributed by atoms with van der Waals surface area (Å²) in [5.74, 6) is 1.61. The Balaban J connectivity index is 3.27. The van der Waals surface area contributed by atoms with Gasteiger partial charge in [-0.1, -0.05) is 207 Å². The van der Waals surface area contributed by atoms with Crippen LogP contribution in [0.25, 0.3) is 0 Å². The lowest BCUT2D eigenvalue weighted by atomic mass is 9.94. The van der Waals surface area contributed by atoms with Crippen molar-refractivity contribution in [1.82, 2.24) is 0 Å². The maximum Gasteiger partial charge on any atom is 0.0542 e. The van der Waals surface area contributed by atoms with Crippen molar-refractivity contribution in [3.05, 3.63) is 0 Å². The normalized spacial score (nSPS) is 14.0. The van der Waals surface area contributed by atoms with Crippen molar-refractivity contribution in [2.24, 2.45) is 11.8 Å². The van der Waals surface area contributed by atoms with E-state index in [2.05, 4.69) is 20.8 Å². The molecule has 0 rings (SSSR count). The molecule has 0 aromatic heterocycles. The molecule has 2 heteroatoms. The molecule has 0 fully saturated rings. The van der Waals surface area contributed by atoms with Crippen LogP contribution in [0.5, 0.6) is 0 Å². The van der Waals surface area contributed by atoms with Crippen molar-refractivity contribution in [2.75, 3.05) is 6.61 Å². The first-order chi connectivity index (χ1) is 20.1. The average Bonchev–Trinajstić information content (AvgIpc) is 2.96. The molecule has 0 aromatic carbocycles. The highest BCUT2D eigenvalue weighted by Gasteiger charge is 2.10. The summed E-state index contributed by atoms with van der Waals surface area (Å²) in [4.78, 5) is 0. The molecule has 248 valence electrons. The molecule has 2 N–H and O–H groups in total. The second-order valence-corrected chi connectivity index (χ2v) is 14.1. The summed E-state index contributed by atoms with van der Waals surface area (Å²) in [6.45, 7) is 7.42. The van der Waals surface area contributed by atoms with Crippen LogP contribution in [-0.2, 0) is 0 Å². The van der Waals surface area contributed by atoms with E-state index in [1.165, 1.54) is 186 Å². The Kier molecular flexibility index (Phi) is 34.3. The number of hydrogen-bond acceptors (Lipinski definition) is 2. The van der Waals surface area contributed by atoms with E-state index in [4.69, 9.17) is 5.11 Å². The van der Waals surface area contributed by atoms with Crippen LogP contribution < -0.4 is 0 Å². The molecule has 0 saturated carbocycles. The maximum atomic E-state index is 10.5. The zero-order valence-electron chi connectivity index (χ0n) is 29.0. The second kappa shape index (κ2) is 34.4. The van der Waals surface area contributed by atoms with Crippen LogP contribution in [0.4, 0.5) is 0 Å². The van der Waals surface area contributed by atoms with Gasteiger partial charge in [0.2, 0.25) is 0 Å². The number of aliphatic hydroxyl groups is 2. The summed E-state index contributed by atoms with van der Waals surface area (Å²) in [6.07, 6.45) is 43.2. The third-order valence-corrected chi connectivity index (χ3v) is 9.71. The Bertz CT molecular complexity index is 464. The Morgan fingerprint density at radius 2 is 0.634 bits per heavy atom. The third-order valence-electron chi connectivity index (χ3n) is 9.71. The minimum absolute atomic E-state index is 0.0681. The number of rotatable bonds is 35. The molecule has 3 unspecified atom stereocenters. The van der Waals surface area contributed by atoms with Gasteiger partial charge in [-0.3, -0.25) is 0 Å². The molecule has 0 bridgehead atoms. The van der Waals surface area contributed by atoms with Gasteiger partial charge in [0.15, 0.2) is 0 Å². The van der Waals surface area contributed by atoms with Crippen LogP contribution in [-0.4, -0.2) is 22.9 Å². The predicted octanol–water partition coefficient (Wildman–Crippen LogP) is 13.1. The molecule has 41 heavy (non-hydrogen) atoms. The van der Waals surface area contributed by atoms with E-state index in [1.54, 1.807) is 0 Å². The molecule has 0 aromatic rings. The molecule has 0 amide bonds. The van der Waals surface area contributed by atoms with Gasteiger partial charge in [0.05, 0.1) is 6.10 Å². The lowest BCUT2D eigenvalue weighted by Gasteiger charge is -2.16. The Labute approximate surface area is 260 Å². The van der Waals surface area contributed by atoms with Crippen LogP contribution in [0.1, 0.15) is 226 Å². The maximum absolute atomic E-state index is 10.5. The van der Waals surface area contributed by atoms with Crippen LogP contribution >= 0.6 is 0 Å². The molecular formula is C39H80O2. The van der Waals surface area contributed by atoms with Gasteiger partial charge in [-0.15, -0.1) is 0 Å². The van der Waals surface area contributed by atoms with Crippen molar-refractivity contribution in [3.8, 4) is 0 Å². The minimum atomic E-state index is -0.0681. The van der Waals surface area contributed by atoms with Crippen molar-refractivity contribution in [1.29, 1.82) is 0 Å². The van der Waals surface area contributed by atoms with Gasteiger partial charge >= 0.3 is 0 Å². The zero-order valence-corrected chi connectivity index (χ0v) is 29.0. The molecule has 0 spiro atoms. The van der Waals surface area contributed by atoms with Gasteiger partial charge in [-0.25, -0.2) is 0 Å². The second-order valence-electron chi connectivity index (χ2n) is 14.1. The molecule has 0 aliphatic rings. The van der Waals surface area contributed by atoms with E-state index in [-0.39, 0.29) is 6.10 Å². The largest absolute Gasteiger partial charge is 0.396 e. The summed E-state index contributed by atoms with van der Waals surface area (Å²) in [6, 6.07) is 0. The molecule has 3 atom stereocenters. The van der Waals surface area contributed by atoms with Gasteiger partial charge in [0.25, 0.3) is 0 Å². The molecule has 0 aliphatic carbocycles. The first-order valence-electron chi connectivity index (χ1n) is 19.4. The molecule has 0 saturated heterocycles. The number of unbranched alkanes of at least 4 members (excludes halogenated alkanes) is 25. The summed E-state index contributed by atoms with van der Waals surface area (Å²) in [5.41, 5.74) is 0. The van der Waals surface area contributed by atoms with Crippen molar-refractivity contribution in [3.63, 3.8) is 0 Å². The lowest BCUT2D eigenvalue weighted by molar-refractivity contribution is 0.130. The SMILES string of the molecule is CCC(C)CCCCCCCCCCCCCCC(O)CC(C)CCCCCCCCCCCCCCCCCO. The highest BCUT2D eigenvalue weighted by Crippen LogP contribution is 2.20. The van der Waals surface area contributed by atoms with E-state index < -0.39 is 0 Å². The monoisotopic (exact) mass is 581 g/mol. The van der Waals surface area contributed by atoms with Gasteiger partial charge in [-0.05, 0) is 31.1 Å². The van der Waals surface area contributed by atoms with Crippen LogP contribution in [0, 0.1) is 11.8 Å². The van der Waals surface area contributed by atoms with E-state index in [0.717, 1.165) is 25.2 Å². The molecule has 0 heterocycles. The summed E-state index contributed by atoms with van der Waals surface area (Å²) in [7, 11) is 0. The Morgan fingerprint density at radius 3 is 0.951 bits per heavy atom. The van der Waals surface area contributed by atoms with Crippen LogP contribution in [0.15, 0.2) is 0 Å². The highest BCUT2D eigenvalue weighted by molar-refractivity contribution is 4.63. The summed E-state index contributed by atoms with van der Waals surface area (Å²) < 4.78 is 0. The standard InChI is InChI=1S/C39H80O2/c1-4-37(2)32-28-24-20-16-12-9-10-14-18-22-26-30-34-39(41)36-38(3)33-29-25-21-17-13-8-6-5-7-11-15-19-23-27-31-35-40/h37-41H,4-36H2,1-3H3. The number of hydrogen-bond donors (Lipinski definition) is 2. The van der Waals surface area contributed by atoms with Gasteiger partial charge in [0.1, 0.15) is 0 Å². The van der Waals surface area contributed by atoms with Crippen LogP contribution in [0.3, 0.4) is 0 Å². The fourth-order valence-corrected chi connectivity index (χ4v) is 6.45. The van der Waals surface area contributed by atoms with E-state index in [9.17, 15) is 5.11 Å². The predicted molar refractivity (Wildman–Crippen MR) is 185 cm³/mol. The quantitative estimate of drug-likeness (QED) is 0.0732. The van der Waals surface area contributed by atoms with Gasteiger partial charge < -0.3 is 10.2 Å². The van der Waals surface area contributed by atoms with Crippen LogP contribution in [0.2, 0.25) is 0 Å². The van der Waals surface area contributed by atoms with Crippen molar-refractivity contribution >= 4 is 0 Å².